The topological polar surface area (TPSA) is 50.7 Å². The van der Waals surface area contributed by atoms with Gasteiger partial charge in [-0.1, -0.05) is 45.6 Å². The minimum Gasteiger partial charge on any atom is -0.480 e. The fraction of sp³-hybridized carbons (Fsp3) is 0.111. The van der Waals surface area contributed by atoms with Crippen molar-refractivity contribution in [1.29, 1.82) is 0 Å². The van der Waals surface area contributed by atoms with Crippen LogP contribution in [0.25, 0.3) is 0 Å². The van der Waals surface area contributed by atoms with E-state index in [2.05, 4.69) is 32.4 Å². The molecule has 1 N–H and O–H groups in total. The predicted molar refractivity (Wildman–Crippen MR) is 99.4 cm³/mol. The molecule has 0 atom stereocenters. The van der Waals surface area contributed by atoms with Gasteiger partial charge in [-0.2, -0.15) is 5.10 Å². The largest absolute Gasteiger partial charge is 0.480 e. The number of amides is 1. The zero-order valence-corrected chi connectivity index (χ0v) is 15.0. The Morgan fingerprint density at radius 3 is 2.79 bits per heavy atom. The molecule has 2 aromatic carbocycles. The van der Waals surface area contributed by atoms with E-state index in [0.29, 0.717) is 16.3 Å². The Morgan fingerprint density at radius 2 is 2.08 bits per heavy atom. The van der Waals surface area contributed by atoms with E-state index in [4.69, 9.17) is 22.8 Å². The molecule has 0 aromatic heterocycles. The van der Waals surface area contributed by atoms with Crippen LogP contribution in [0.5, 0.6) is 5.75 Å². The van der Waals surface area contributed by atoms with Crippen molar-refractivity contribution in [3.8, 4) is 18.1 Å². The Morgan fingerprint density at radius 1 is 1.33 bits per heavy atom. The maximum atomic E-state index is 11.9. The van der Waals surface area contributed by atoms with Crippen molar-refractivity contribution in [3.63, 3.8) is 0 Å². The lowest BCUT2D eigenvalue weighted by atomic mass is 10.1. The summed E-state index contributed by atoms with van der Waals surface area (Å²) in [5, 5.41) is 4.59. The normalized spacial score (nSPS) is 10.4. The van der Waals surface area contributed by atoms with E-state index in [1.54, 1.807) is 30.3 Å². The van der Waals surface area contributed by atoms with Gasteiger partial charge in [0.15, 0.2) is 0 Å². The van der Waals surface area contributed by atoms with Gasteiger partial charge >= 0.3 is 0 Å². The molecule has 2 aromatic rings. The van der Waals surface area contributed by atoms with Crippen LogP contribution in [0.2, 0.25) is 5.02 Å². The van der Waals surface area contributed by atoms with E-state index in [9.17, 15) is 4.79 Å². The molecule has 0 unspecified atom stereocenters. The average Bonchev–Trinajstić information content (AvgIpc) is 2.56. The molecule has 0 aliphatic rings. The second kappa shape index (κ2) is 9.11. The highest BCUT2D eigenvalue weighted by Crippen LogP contribution is 2.21. The van der Waals surface area contributed by atoms with E-state index in [-0.39, 0.29) is 18.9 Å². The second-order valence-corrected chi connectivity index (χ2v) is 6.12. The van der Waals surface area contributed by atoms with Gasteiger partial charge in [-0.15, -0.1) is 6.42 Å². The lowest BCUT2D eigenvalue weighted by Crippen LogP contribution is -2.19. The summed E-state index contributed by atoms with van der Waals surface area (Å²) in [5.74, 6) is 2.77. The number of carbonyl (C=O) groups excluding carboxylic acids is 1. The standard InChI is InChI=1S/C18H14BrClN2O2/c1-2-9-24-17-8-5-15(19)11-14(17)12-21-22-18(23)10-13-3-6-16(20)7-4-13/h1,3-8,11-12H,9-10H2,(H,22,23)/b21-12+. The van der Waals surface area contributed by atoms with Crippen molar-refractivity contribution in [2.45, 2.75) is 6.42 Å². The summed E-state index contributed by atoms with van der Waals surface area (Å²) in [6, 6.07) is 12.5. The third-order valence-electron chi connectivity index (χ3n) is 2.95. The predicted octanol–water partition coefficient (Wildman–Crippen LogP) is 3.81. The maximum absolute atomic E-state index is 11.9. The molecule has 0 bridgehead atoms. The number of terminal acetylenes is 1. The van der Waals surface area contributed by atoms with Crippen LogP contribution in [-0.4, -0.2) is 18.7 Å². The van der Waals surface area contributed by atoms with Gasteiger partial charge in [-0.3, -0.25) is 4.79 Å². The summed E-state index contributed by atoms with van der Waals surface area (Å²) in [5.41, 5.74) is 4.04. The summed E-state index contributed by atoms with van der Waals surface area (Å²) >= 11 is 9.19. The van der Waals surface area contributed by atoms with E-state index in [0.717, 1.165) is 10.0 Å². The lowest BCUT2D eigenvalue weighted by molar-refractivity contribution is -0.120. The quantitative estimate of drug-likeness (QED) is 0.451. The number of nitrogens with one attached hydrogen (secondary N) is 1. The Bertz CT molecular complexity index is 783. The monoisotopic (exact) mass is 404 g/mol. The van der Waals surface area contributed by atoms with Crippen LogP contribution in [0, 0.1) is 12.3 Å². The number of nitrogens with zero attached hydrogens (tertiary/aromatic N) is 1. The van der Waals surface area contributed by atoms with Gasteiger partial charge in [-0.25, -0.2) is 5.43 Å². The van der Waals surface area contributed by atoms with Gasteiger partial charge < -0.3 is 4.74 Å². The van der Waals surface area contributed by atoms with Crippen LogP contribution in [0.15, 0.2) is 52.0 Å². The van der Waals surface area contributed by atoms with Gasteiger partial charge in [0.1, 0.15) is 12.4 Å². The summed E-state index contributed by atoms with van der Waals surface area (Å²) in [6.07, 6.45) is 6.92. The van der Waals surface area contributed by atoms with E-state index in [1.165, 1.54) is 6.21 Å². The van der Waals surface area contributed by atoms with Gasteiger partial charge in [0, 0.05) is 15.1 Å². The third-order valence-corrected chi connectivity index (χ3v) is 3.70. The van der Waals surface area contributed by atoms with Crippen LogP contribution in [-0.2, 0) is 11.2 Å². The first-order valence-corrected chi connectivity index (χ1v) is 8.18. The molecular weight excluding hydrogens is 392 g/mol. The Hall–Kier alpha value is -2.29. The fourth-order valence-electron chi connectivity index (χ4n) is 1.87. The Balaban J connectivity index is 1.98. The zero-order valence-electron chi connectivity index (χ0n) is 12.6. The van der Waals surface area contributed by atoms with Gasteiger partial charge in [0.05, 0.1) is 12.6 Å². The molecular formula is C18H14BrClN2O2. The van der Waals surface area contributed by atoms with Crippen molar-refractivity contribution in [2.75, 3.05) is 6.61 Å². The molecule has 1 amide bonds. The van der Waals surface area contributed by atoms with Crippen molar-refractivity contribution < 1.29 is 9.53 Å². The number of ether oxygens (including phenoxy) is 1. The number of carbonyl (C=O) groups is 1. The SMILES string of the molecule is C#CCOc1ccc(Br)cc1/C=N/NC(=O)Cc1ccc(Cl)cc1. The zero-order chi connectivity index (χ0) is 17.4. The molecule has 24 heavy (non-hydrogen) atoms. The molecule has 4 nitrogen and oxygen atoms in total. The molecule has 2 rings (SSSR count). The molecule has 0 aliphatic carbocycles. The van der Waals surface area contributed by atoms with Gasteiger partial charge in [0.2, 0.25) is 5.91 Å². The van der Waals surface area contributed by atoms with Gasteiger partial charge in [0.25, 0.3) is 0 Å². The number of halogens is 2. The molecule has 0 heterocycles. The van der Waals surface area contributed by atoms with Crippen LogP contribution in [0.4, 0.5) is 0 Å². The molecule has 0 fully saturated rings. The summed E-state index contributed by atoms with van der Waals surface area (Å²) < 4.78 is 6.30. The Labute approximate surface area is 154 Å². The van der Waals surface area contributed by atoms with Crippen LogP contribution in [0.1, 0.15) is 11.1 Å². The lowest BCUT2D eigenvalue weighted by Gasteiger charge is -2.06. The molecule has 0 saturated heterocycles. The number of hydrogen-bond acceptors (Lipinski definition) is 3. The second-order valence-electron chi connectivity index (χ2n) is 4.77. The van der Waals surface area contributed by atoms with E-state index < -0.39 is 0 Å². The minimum absolute atomic E-state index is 0.158. The van der Waals surface area contributed by atoms with Crippen LogP contribution in [0.3, 0.4) is 0 Å². The third kappa shape index (κ3) is 5.73. The highest BCUT2D eigenvalue weighted by atomic mass is 79.9. The van der Waals surface area contributed by atoms with Crippen molar-refractivity contribution in [1.82, 2.24) is 5.43 Å². The number of rotatable bonds is 6. The van der Waals surface area contributed by atoms with E-state index in [1.807, 2.05) is 12.1 Å². The molecule has 6 heteroatoms. The molecule has 0 aliphatic heterocycles. The highest BCUT2D eigenvalue weighted by Gasteiger charge is 2.04. The summed E-state index contributed by atoms with van der Waals surface area (Å²) in [6.45, 7) is 0.158. The first kappa shape index (κ1) is 18.1. The summed E-state index contributed by atoms with van der Waals surface area (Å²) in [7, 11) is 0. The fourth-order valence-corrected chi connectivity index (χ4v) is 2.38. The highest BCUT2D eigenvalue weighted by molar-refractivity contribution is 9.10. The van der Waals surface area contributed by atoms with Crippen molar-refractivity contribution >= 4 is 39.7 Å². The minimum atomic E-state index is -0.227. The number of hydrazone groups is 1. The molecule has 122 valence electrons. The number of benzene rings is 2. The maximum Gasteiger partial charge on any atom is 0.244 e. The first-order chi connectivity index (χ1) is 11.6. The van der Waals surface area contributed by atoms with Gasteiger partial charge in [-0.05, 0) is 35.9 Å². The molecule has 0 saturated carbocycles. The van der Waals surface area contributed by atoms with E-state index >= 15 is 0 Å². The van der Waals surface area contributed by atoms with Crippen LogP contribution >= 0.6 is 27.5 Å². The van der Waals surface area contributed by atoms with Crippen molar-refractivity contribution in [2.24, 2.45) is 5.10 Å². The summed E-state index contributed by atoms with van der Waals surface area (Å²) in [4.78, 5) is 11.9. The average molecular weight is 406 g/mol. The van der Waals surface area contributed by atoms with Crippen LogP contribution < -0.4 is 10.2 Å². The Kier molecular flexibility index (Phi) is 6.86. The smallest absolute Gasteiger partial charge is 0.244 e. The van der Waals surface area contributed by atoms with Crippen molar-refractivity contribution in [3.05, 3.63) is 63.1 Å². The molecule has 0 spiro atoms. The molecule has 0 radical (unpaired) electrons. The first-order valence-electron chi connectivity index (χ1n) is 7.00. The number of hydrogen-bond donors (Lipinski definition) is 1.